The minimum Gasteiger partial charge on any atom is -0.355 e. The highest BCUT2D eigenvalue weighted by molar-refractivity contribution is 6.21. The molecule has 0 unspecified atom stereocenters. The second-order valence-electron chi connectivity index (χ2n) is 6.12. The quantitative estimate of drug-likeness (QED) is 0.766. The molecule has 7 heteroatoms. The molecule has 1 aliphatic heterocycles. The number of hydrogen-bond acceptors (Lipinski definition) is 4. The van der Waals surface area contributed by atoms with Gasteiger partial charge < -0.3 is 10.6 Å². The van der Waals surface area contributed by atoms with E-state index in [0.29, 0.717) is 28.8 Å². The number of carbonyl (C=O) groups is 4. The van der Waals surface area contributed by atoms with Crippen LogP contribution in [0.1, 0.15) is 43.9 Å². The second-order valence-corrected chi connectivity index (χ2v) is 6.12. The summed E-state index contributed by atoms with van der Waals surface area (Å²) >= 11 is 0. The predicted octanol–water partition coefficient (Wildman–Crippen LogP) is 2.06. The number of nitrogens with zero attached hydrogens (tertiary/aromatic N) is 1. The van der Waals surface area contributed by atoms with Gasteiger partial charge in [0.2, 0.25) is 5.91 Å². The fourth-order valence-corrected chi connectivity index (χ4v) is 2.91. The summed E-state index contributed by atoms with van der Waals surface area (Å²) in [6.45, 7) is 0.190. The summed E-state index contributed by atoms with van der Waals surface area (Å²) in [6.07, 6.45) is 0.540. The van der Waals surface area contributed by atoms with E-state index >= 15 is 0 Å². The fourth-order valence-electron chi connectivity index (χ4n) is 2.91. The van der Waals surface area contributed by atoms with Gasteiger partial charge in [0.25, 0.3) is 17.7 Å². The number of fused-ring (bicyclic) bond motifs is 1. The predicted molar refractivity (Wildman–Crippen MR) is 99.5 cm³/mol. The summed E-state index contributed by atoms with van der Waals surface area (Å²) in [5.74, 6) is -1.06. The zero-order valence-corrected chi connectivity index (χ0v) is 14.8. The molecule has 1 aliphatic rings. The first-order chi connectivity index (χ1) is 13.0. The average molecular weight is 365 g/mol. The Hall–Kier alpha value is -3.48. The van der Waals surface area contributed by atoms with Crippen LogP contribution in [0.4, 0.5) is 5.69 Å². The first-order valence-corrected chi connectivity index (χ1v) is 8.58. The van der Waals surface area contributed by atoms with Crippen LogP contribution in [0.5, 0.6) is 0 Å². The molecule has 2 aromatic carbocycles. The molecule has 2 aromatic rings. The monoisotopic (exact) mass is 365 g/mol. The van der Waals surface area contributed by atoms with Gasteiger partial charge in [-0.25, -0.2) is 0 Å². The van der Waals surface area contributed by atoms with Crippen LogP contribution in [-0.2, 0) is 4.79 Å². The second kappa shape index (κ2) is 7.82. The molecule has 2 N–H and O–H groups in total. The van der Waals surface area contributed by atoms with Crippen molar-refractivity contribution in [1.29, 1.82) is 0 Å². The van der Waals surface area contributed by atoms with Gasteiger partial charge in [0.05, 0.1) is 11.1 Å². The lowest BCUT2D eigenvalue weighted by Crippen LogP contribution is -2.31. The third-order valence-corrected chi connectivity index (χ3v) is 4.32. The van der Waals surface area contributed by atoms with Crippen molar-refractivity contribution in [1.82, 2.24) is 10.2 Å². The first kappa shape index (κ1) is 18.3. The number of rotatable bonds is 6. The summed E-state index contributed by atoms with van der Waals surface area (Å²) in [4.78, 5) is 49.2. The van der Waals surface area contributed by atoms with Gasteiger partial charge in [-0.3, -0.25) is 24.1 Å². The molecule has 0 atom stereocenters. The Labute approximate surface area is 156 Å². The molecule has 27 heavy (non-hydrogen) atoms. The summed E-state index contributed by atoms with van der Waals surface area (Å²) in [5.41, 5.74) is 1.89. The molecule has 0 bridgehead atoms. The van der Waals surface area contributed by atoms with Crippen molar-refractivity contribution < 1.29 is 19.2 Å². The van der Waals surface area contributed by atoms with Gasteiger partial charge in [-0.2, -0.15) is 0 Å². The van der Waals surface area contributed by atoms with E-state index in [9.17, 15) is 19.2 Å². The molecule has 138 valence electrons. The molecule has 1 heterocycles. The normalized spacial score (nSPS) is 12.7. The van der Waals surface area contributed by atoms with Gasteiger partial charge in [-0.15, -0.1) is 0 Å². The van der Waals surface area contributed by atoms with Crippen molar-refractivity contribution in [2.75, 3.05) is 18.9 Å². The van der Waals surface area contributed by atoms with Crippen LogP contribution in [-0.4, -0.2) is 42.1 Å². The van der Waals surface area contributed by atoms with E-state index in [0.717, 1.165) is 0 Å². The van der Waals surface area contributed by atoms with Gasteiger partial charge in [0, 0.05) is 31.3 Å². The maximum absolute atomic E-state index is 12.3. The first-order valence-electron chi connectivity index (χ1n) is 8.58. The third kappa shape index (κ3) is 3.87. The van der Waals surface area contributed by atoms with Gasteiger partial charge >= 0.3 is 0 Å². The summed E-state index contributed by atoms with van der Waals surface area (Å²) in [7, 11) is 1.55. The van der Waals surface area contributed by atoms with Gasteiger partial charge in [-0.1, -0.05) is 12.1 Å². The highest BCUT2D eigenvalue weighted by atomic mass is 16.2. The number of carbonyl (C=O) groups excluding carboxylic acids is 4. The van der Waals surface area contributed by atoms with Crippen molar-refractivity contribution >= 4 is 29.3 Å². The Bertz CT molecular complexity index is 871. The van der Waals surface area contributed by atoms with Gasteiger partial charge in [-0.05, 0) is 42.8 Å². The molecule has 0 saturated carbocycles. The van der Waals surface area contributed by atoms with E-state index in [4.69, 9.17) is 0 Å². The average Bonchev–Trinajstić information content (AvgIpc) is 2.93. The zero-order valence-electron chi connectivity index (χ0n) is 14.8. The molecule has 0 radical (unpaired) electrons. The Morgan fingerprint density at radius 2 is 1.52 bits per heavy atom. The topological polar surface area (TPSA) is 95.6 Å². The maximum Gasteiger partial charge on any atom is 0.261 e. The van der Waals surface area contributed by atoms with Crippen LogP contribution >= 0.6 is 0 Å². The summed E-state index contributed by atoms with van der Waals surface area (Å²) in [6, 6.07) is 13.2. The molecule has 3 rings (SSSR count). The van der Waals surface area contributed by atoms with Gasteiger partial charge in [0.15, 0.2) is 0 Å². The summed E-state index contributed by atoms with van der Waals surface area (Å²) in [5, 5.41) is 5.26. The van der Waals surface area contributed by atoms with Crippen molar-refractivity contribution in [2.45, 2.75) is 12.8 Å². The molecule has 7 nitrogen and oxygen atoms in total. The lowest BCUT2D eigenvalue weighted by atomic mass is 10.1. The lowest BCUT2D eigenvalue weighted by molar-refractivity contribution is -0.116. The summed E-state index contributed by atoms with van der Waals surface area (Å²) < 4.78 is 0. The van der Waals surface area contributed by atoms with Crippen LogP contribution in [0, 0.1) is 0 Å². The van der Waals surface area contributed by atoms with Crippen molar-refractivity contribution in [3.05, 3.63) is 65.2 Å². The zero-order chi connectivity index (χ0) is 19.4. The third-order valence-electron chi connectivity index (χ3n) is 4.32. The Kier molecular flexibility index (Phi) is 5.30. The standard InChI is InChI=1S/C20H19N3O4/c1-21-18(25)13-8-10-14(11-9-13)22-17(24)7-4-12-23-19(26)15-5-2-3-6-16(15)20(23)27/h2-3,5-6,8-11H,4,7,12H2,1H3,(H,21,25)(H,22,24). The maximum atomic E-state index is 12.3. The smallest absolute Gasteiger partial charge is 0.261 e. The van der Waals surface area contributed by atoms with E-state index in [1.165, 1.54) is 4.90 Å². The molecular formula is C20H19N3O4. The van der Waals surface area contributed by atoms with E-state index in [1.807, 2.05) is 0 Å². The van der Waals surface area contributed by atoms with E-state index in [2.05, 4.69) is 10.6 Å². The fraction of sp³-hybridized carbons (Fsp3) is 0.200. The van der Waals surface area contributed by atoms with Crippen molar-refractivity contribution in [3.8, 4) is 0 Å². The Balaban J connectivity index is 1.50. The molecular weight excluding hydrogens is 346 g/mol. The van der Waals surface area contributed by atoms with Crippen molar-refractivity contribution in [3.63, 3.8) is 0 Å². The highest BCUT2D eigenvalue weighted by Gasteiger charge is 2.34. The highest BCUT2D eigenvalue weighted by Crippen LogP contribution is 2.22. The number of amides is 4. The van der Waals surface area contributed by atoms with Gasteiger partial charge in [0.1, 0.15) is 0 Å². The number of hydrogen-bond donors (Lipinski definition) is 2. The molecule has 0 spiro atoms. The van der Waals surface area contributed by atoms with Crippen LogP contribution in [0.25, 0.3) is 0 Å². The minimum atomic E-state index is -0.319. The van der Waals surface area contributed by atoms with Crippen molar-refractivity contribution in [2.24, 2.45) is 0 Å². The number of anilines is 1. The minimum absolute atomic E-state index is 0.171. The molecule has 0 aliphatic carbocycles. The van der Waals surface area contributed by atoms with Crippen LogP contribution < -0.4 is 10.6 Å². The lowest BCUT2D eigenvalue weighted by Gasteiger charge is -2.13. The van der Waals surface area contributed by atoms with Crippen LogP contribution in [0.3, 0.4) is 0 Å². The Morgan fingerprint density at radius 1 is 0.926 bits per heavy atom. The van der Waals surface area contributed by atoms with E-state index < -0.39 is 0 Å². The number of imide groups is 1. The van der Waals surface area contributed by atoms with E-state index in [-0.39, 0.29) is 36.6 Å². The SMILES string of the molecule is CNC(=O)c1ccc(NC(=O)CCCN2C(=O)c3ccccc3C2=O)cc1. The molecule has 4 amide bonds. The van der Waals surface area contributed by atoms with Crippen LogP contribution in [0.2, 0.25) is 0 Å². The molecule has 0 aromatic heterocycles. The number of nitrogens with one attached hydrogen (secondary N) is 2. The Morgan fingerprint density at radius 3 is 2.07 bits per heavy atom. The van der Waals surface area contributed by atoms with Crippen LogP contribution in [0.15, 0.2) is 48.5 Å². The van der Waals surface area contributed by atoms with E-state index in [1.54, 1.807) is 55.6 Å². The largest absolute Gasteiger partial charge is 0.355 e. The number of benzene rings is 2. The molecule has 0 saturated heterocycles. The molecule has 0 fully saturated rings.